The van der Waals surface area contributed by atoms with Crippen molar-refractivity contribution in [2.45, 2.75) is 51.8 Å². The molecule has 0 radical (unpaired) electrons. The van der Waals surface area contributed by atoms with Gasteiger partial charge in [0.15, 0.2) is 0 Å². The Morgan fingerprint density at radius 3 is 2.81 bits per heavy atom. The average Bonchev–Trinajstić information content (AvgIpc) is 2.96. The summed E-state index contributed by atoms with van der Waals surface area (Å²) in [7, 11) is 0. The normalized spacial score (nSPS) is 19.7. The molecule has 0 aliphatic carbocycles. The van der Waals surface area contributed by atoms with Gasteiger partial charge in [0, 0.05) is 0 Å². The average molecular weight is 296 g/mol. The zero-order valence-electron chi connectivity index (χ0n) is 12.5. The molecule has 0 amide bonds. The van der Waals surface area contributed by atoms with E-state index < -0.39 is 10.5 Å². The first kappa shape index (κ1) is 15.5. The molecule has 116 valence electrons. The van der Waals surface area contributed by atoms with Crippen molar-refractivity contribution in [2.24, 2.45) is 0 Å². The summed E-state index contributed by atoms with van der Waals surface area (Å²) in [4.78, 5) is 24.1. The van der Waals surface area contributed by atoms with Crippen molar-refractivity contribution in [3.05, 3.63) is 28.0 Å². The Hall–Kier alpha value is -1.89. The summed E-state index contributed by atoms with van der Waals surface area (Å²) in [5.74, 6) is -0.0452. The molecule has 2 heterocycles. The number of furan rings is 1. The zero-order chi connectivity index (χ0) is 15.6. The van der Waals surface area contributed by atoms with Crippen LogP contribution in [0.15, 0.2) is 16.5 Å². The van der Waals surface area contributed by atoms with Crippen LogP contribution in [0.4, 0.5) is 5.88 Å². The van der Waals surface area contributed by atoms with Gasteiger partial charge in [-0.25, -0.2) is 0 Å². The highest BCUT2D eigenvalue weighted by Gasteiger charge is 2.34. The maximum atomic E-state index is 12.2. The fraction of sp³-hybridized carbons (Fsp3) is 0.643. The molecule has 0 aromatic carbocycles. The summed E-state index contributed by atoms with van der Waals surface area (Å²) in [6.45, 7) is 6.62. The van der Waals surface area contributed by atoms with E-state index in [-0.39, 0.29) is 17.9 Å². The van der Waals surface area contributed by atoms with E-state index in [1.54, 1.807) is 6.07 Å². The van der Waals surface area contributed by atoms with Gasteiger partial charge in [-0.15, -0.1) is 0 Å². The molecule has 0 N–H and O–H groups in total. The number of ether oxygens (including phenoxy) is 1. The third-order valence-corrected chi connectivity index (χ3v) is 3.23. The molecule has 1 aromatic heterocycles. The molecule has 0 bridgehead atoms. The largest absolute Gasteiger partial charge is 0.459 e. The zero-order valence-corrected chi connectivity index (χ0v) is 12.5. The number of carbonyl (C=O) groups is 1. The molecule has 0 saturated carbocycles. The Balaban J connectivity index is 2.01. The van der Waals surface area contributed by atoms with Gasteiger partial charge in [0.05, 0.1) is 12.6 Å². The summed E-state index contributed by atoms with van der Waals surface area (Å²) in [5, 5.41) is 10.6. The predicted molar refractivity (Wildman–Crippen MR) is 74.6 cm³/mol. The number of carbonyl (C=O) groups excluding carboxylic acids is 1. The van der Waals surface area contributed by atoms with Crippen LogP contribution in [0.5, 0.6) is 0 Å². The second kappa shape index (κ2) is 5.85. The van der Waals surface area contributed by atoms with E-state index in [4.69, 9.17) is 9.15 Å². The van der Waals surface area contributed by atoms with E-state index in [1.165, 1.54) is 6.07 Å². The second-order valence-corrected chi connectivity index (χ2v) is 6.16. The van der Waals surface area contributed by atoms with E-state index in [0.29, 0.717) is 12.3 Å². The Bertz CT molecular complexity index is 532. The molecule has 7 heteroatoms. The monoisotopic (exact) mass is 296 g/mol. The number of hydrogen-bond donors (Lipinski definition) is 0. The first-order valence-electron chi connectivity index (χ1n) is 6.96. The number of likely N-dealkylation sites (tertiary alicyclic amines) is 1. The van der Waals surface area contributed by atoms with E-state index in [0.717, 1.165) is 19.4 Å². The second-order valence-electron chi connectivity index (χ2n) is 6.16. The number of nitro groups is 1. The van der Waals surface area contributed by atoms with Crippen molar-refractivity contribution in [3.63, 3.8) is 0 Å². The lowest BCUT2D eigenvalue weighted by Gasteiger charge is -2.26. The minimum absolute atomic E-state index is 0.249. The van der Waals surface area contributed by atoms with Crippen molar-refractivity contribution in [1.82, 2.24) is 4.90 Å². The van der Waals surface area contributed by atoms with Crippen LogP contribution in [0.1, 0.15) is 39.4 Å². The van der Waals surface area contributed by atoms with Gasteiger partial charge in [-0.3, -0.25) is 19.8 Å². The van der Waals surface area contributed by atoms with Crippen molar-refractivity contribution < 1.29 is 18.9 Å². The third-order valence-electron chi connectivity index (χ3n) is 3.23. The highest BCUT2D eigenvalue weighted by molar-refractivity contribution is 5.76. The molecule has 1 aliphatic heterocycles. The van der Waals surface area contributed by atoms with Crippen molar-refractivity contribution in [3.8, 4) is 0 Å². The van der Waals surface area contributed by atoms with Crippen LogP contribution in [-0.4, -0.2) is 34.0 Å². The highest BCUT2D eigenvalue weighted by atomic mass is 16.6. The lowest BCUT2D eigenvalue weighted by Crippen LogP contribution is -2.40. The van der Waals surface area contributed by atoms with E-state index in [9.17, 15) is 14.9 Å². The topological polar surface area (TPSA) is 85.8 Å². The van der Waals surface area contributed by atoms with Gasteiger partial charge in [0.25, 0.3) is 0 Å². The van der Waals surface area contributed by atoms with Crippen molar-refractivity contribution in [2.75, 3.05) is 6.54 Å². The Kier molecular flexibility index (Phi) is 4.32. The fourth-order valence-electron chi connectivity index (χ4n) is 2.40. The molecule has 0 spiro atoms. The van der Waals surface area contributed by atoms with E-state index in [2.05, 4.69) is 0 Å². The maximum absolute atomic E-state index is 12.2. The summed E-state index contributed by atoms with van der Waals surface area (Å²) in [5.41, 5.74) is -0.519. The van der Waals surface area contributed by atoms with Gasteiger partial charge in [-0.05, 0) is 46.2 Å². The smallest absolute Gasteiger partial charge is 0.433 e. The van der Waals surface area contributed by atoms with Crippen molar-refractivity contribution >= 4 is 11.9 Å². The summed E-state index contributed by atoms with van der Waals surface area (Å²) < 4.78 is 10.6. The highest BCUT2D eigenvalue weighted by Crippen LogP contribution is 2.25. The van der Waals surface area contributed by atoms with Crippen LogP contribution in [0.25, 0.3) is 0 Å². The van der Waals surface area contributed by atoms with Crippen LogP contribution >= 0.6 is 0 Å². The molecular weight excluding hydrogens is 276 g/mol. The fourth-order valence-corrected chi connectivity index (χ4v) is 2.40. The molecule has 1 aliphatic rings. The van der Waals surface area contributed by atoms with Crippen LogP contribution in [0, 0.1) is 10.1 Å². The number of hydrogen-bond acceptors (Lipinski definition) is 6. The van der Waals surface area contributed by atoms with Gasteiger partial charge in [-0.1, -0.05) is 0 Å². The summed E-state index contributed by atoms with van der Waals surface area (Å²) >= 11 is 0. The Labute approximate surface area is 123 Å². The number of esters is 1. The Morgan fingerprint density at radius 1 is 1.52 bits per heavy atom. The summed E-state index contributed by atoms with van der Waals surface area (Å²) in [6.07, 6.45) is 1.63. The minimum atomic E-state index is -0.571. The molecule has 1 fully saturated rings. The van der Waals surface area contributed by atoms with Crippen LogP contribution in [0.3, 0.4) is 0 Å². The molecule has 7 nitrogen and oxygen atoms in total. The molecule has 0 unspecified atom stereocenters. The van der Waals surface area contributed by atoms with Crippen molar-refractivity contribution in [1.29, 1.82) is 0 Å². The van der Waals surface area contributed by atoms with Gasteiger partial charge in [-0.2, -0.15) is 0 Å². The number of rotatable bonds is 4. The molecule has 21 heavy (non-hydrogen) atoms. The standard InChI is InChI=1S/C14H20N2O5/c1-14(2,3)21-13(17)11-5-4-8-15(11)9-10-6-7-12(20-10)16(18)19/h6-7,11H,4-5,8-9H2,1-3H3/t11-/m1/s1. The first-order chi connectivity index (χ1) is 9.76. The molecule has 2 rings (SSSR count). The molecule has 1 atom stereocenters. The Morgan fingerprint density at radius 2 is 2.24 bits per heavy atom. The first-order valence-corrected chi connectivity index (χ1v) is 6.96. The van der Waals surface area contributed by atoms with E-state index >= 15 is 0 Å². The molecular formula is C14H20N2O5. The van der Waals surface area contributed by atoms with Gasteiger partial charge < -0.3 is 9.15 Å². The molecule has 1 saturated heterocycles. The van der Waals surface area contributed by atoms with Gasteiger partial charge >= 0.3 is 11.9 Å². The van der Waals surface area contributed by atoms with Gasteiger partial charge in [0.2, 0.25) is 0 Å². The molecule has 1 aromatic rings. The summed E-state index contributed by atoms with van der Waals surface area (Å²) in [6, 6.07) is 2.59. The quantitative estimate of drug-likeness (QED) is 0.482. The lowest BCUT2D eigenvalue weighted by molar-refractivity contribution is -0.402. The predicted octanol–water partition coefficient (Wildman–Crippen LogP) is 2.49. The van der Waals surface area contributed by atoms with Crippen LogP contribution in [-0.2, 0) is 16.1 Å². The SMILES string of the molecule is CC(C)(C)OC(=O)[C@H]1CCCN1Cc1ccc([N+](=O)[O-])o1. The van der Waals surface area contributed by atoms with Gasteiger partial charge in [0.1, 0.15) is 22.3 Å². The minimum Gasteiger partial charge on any atom is -0.459 e. The number of nitrogens with zero attached hydrogens (tertiary/aromatic N) is 2. The van der Waals surface area contributed by atoms with E-state index in [1.807, 2.05) is 25.7 Å². The third kappa shape index (κ3) is 4.04. The van der Waals surface area contributed by atoms with Crippen LogP contribution < -0.4 is 0 Å². The lowest BCUT2D eigenvalue weighted by atomic mass is 10.1. The van der Waals surface area contributed by atoms with Crippen LogP contribution in [0.2, 0.25) is 0 Å². The maximum Gasteiger partial charge on any atom is 0.433 e.